The van der Waals surface area contributed by atoms with Crippen LogP contribution in [0.4, 0.5) is 0 Å². The molecule has 0 heterocycles. The number of hydrogen-bond acceptors (Lipinski definition) is 2. The van der Waals surface area contributed by atoms with E-state index in [4.69, 9.17) is 5.73 Å². The van der Waals surface area contributed by atoms with E-state index in [1.165, 1.54) is 32.1 Å². The molecular formula is C16H30N2. The number of nitrogens with zero attached hydrogens (tertiary/aromatic N) is 1. The summed E-state index contributed by atoms with van der Waals surface area (Å²) in [5, 5.41) is 0. The predicted molar refractivity (Wildman–Crippen MR) is 76.3 cm³/mol. The average molecular weight is 250 g/mol. The van der Waals surface area contributed by atoms with E-state index in [-0.39, 0.29) is 5.54 Å². The van der Waals surface area contributed by atoms with Crippen molar-refractivity contribution in [3.8, 4) is 0 Å². The lowest BCUT2D eigenvalue weighted by Gasteiger charge is -2.56. The molecule has 0 aromatic heterocycles. The Morgan fingerprint density at radius 2 is 1.50 bits per heavy atom. The molecule has 4 aliphatic rings. The molecule has 0 saturated heterocycles. The predicted octanol–water partition coefficient (Wildman–Crippen LogP) is 2.73. The van der Waals surface area contributed by atoms with Gasteiger partial charge in [-0.05, 0) is 89.1 Å². The molecule has 4 saturated carbocycles. The molecule has 0 radical (unpaired) electrons. The lowest BCUT2D eigenvalue weighted by Crippen LogP contribution is -2.53. The van der Waals surface area contributed by atoms with Crippen LogP contribution < -0.4 is 5.73 Å². The molecule has 4 bridgehead atoms. The summed E-state index contributed by atoms with van der Waals surface area (Å²) in [5.74, 6) is 5.22. The molecule has 0 aliphatic heterocycles. The van der Waals surface area contributed by atoms with E-state index in [9.17, 15) is 0 Å². The van der Waals surface area contributed by atoms with Crippen LogP contribution in [0.5, 0.6) is 0 Å². The summed E-state index contributed by atoms with van der Waals surface area (Å²) < 4.78 is 0. The van der Waals surface area contributed by atoms with Gasteiger partial charge >= 0.3 is 0 Å². The Morgan fingerprint density at radius 1 is 1.00 bits per heavy atom. The van der Waals surface area contributed by atoms with Crippen molar-refractivity contribution in [1.82, 2.24) is 4.90 Å². The Kier molecular flexibility index (Phi) is 3.22. The zero-order valence-corrected chi connectivity index (χ0v) is 12.4. The summed E-state index contributed by atoms with van der Waals surface area (Å²) in [4.78, 5) is 2.36. The van der Waals surface area contributed by atoms with Gasteiger partial charge in [-0.2, -0.15) is 0 Å². The minimum atomic E-state index is 0.208. The lowest BCUT2D eigenvalue weighted by molar-refractivity contribution is -0.0568. The minimum absolute atomic E-state index is 0.208. The van der Waals surface area contributed by atoms with E-state index >= 15 is 0 Å². The van der Waals surface area contributed by atoms with Crippen LogP contribution in [0, 0.1) is 29.6 Å². The summed E-state index contributed by atoms with van der Waals surface area (Å²) >= 11 is 0. The van der Waals surface area contributed by atoms with Crippen molar-refractivity contribution in [2.45, 2.75) is 51.0 Å². The Hall–Kier alpha value is -0.0800. The Bertz CT molecular complexity index is 284. The highest BCUT2D eigenvalue weighted by atomic mass is 15.1. The van der Waals surface area contributed by atoms with E-state index in [0.717, 1.165) is 36.1 Å². The second-order valence-electron chi connectivity index (χ2n) is 7.89. The van der Waals surface area contributed by atoms with Gasteiger partial charge in [0.2, 0.25) is 0 Å². The number of rotatable bonds is 4. The van der Waals surface area contributed by atoms with Crippen LogP contribution in [-0.4, -0.2) is 31.1 Å². The first kappa shape index (κ1) is 12.9. The Balaban J connectivity index is 1.73. The maximum Gasteiger partial charge on any atom is 0.0300 e. The van der Waals surface area contributed by atoms with Crippen molar-refractivity contribution in [1.29, 1.82) is 0 Å². The summed E-state index contributed by atoms with van der Waals surface area (Å²) in [5.41, 5.74) is 6.28. The molecule has 18 heavy (non-hydrogen) atoms. The van der Waals surface area contributed by atoms with Crippen molar-refractivity contribution in [2.75, 3.05) is 20.6 Å². The number of likely N-dealkylation sites (N-methyl/N-ethyl adjacent to an activating group) is 1. The second kappa shape index (κ2) is 4.49. The molecule has 104 valence electrons. The van der Waals surface area contributed by atoms with Crippen LogP contribution in [0.25, 0.3) is 0 Å². The lowest BCUT2D eigenvalue weighted by atomic mass is 9.50. The highest BCUT2D eigenvalue weighted by molar-refractivity contribution is 5.01. The zero-order chi connectivity index (χ0) is 12.9. The first-order valence-corrected chi connectivity index (χ1v) is 7.89. The summed E-state index contributed by atoms with van der Waals surface area (Å²) in [6.07, 6.45) is 9.02. The maximum atomic E-state index is 6.07. The molecule has 2 N–H and O–H groups in total. The highest BCUT2D eigenvalue weighted by Crippen LogP contribution is 2.58. The van der Waals surface area contributed by atoms with Crippen LogP contribution in [0.2, 0.25) is 0 Å². The van der Waals surface area contributed by atoms with Crippen LogP contribution >= 0.6 is 0 Å². The van der Waals surface area contributed by atoms with Gasteiger partial charge in [0.15, 0.2) is 0 Å². The molecule has 0 amide bonds. The van der Waals surface area contributed by atoms with Crippen molar-refractivity contribution in [3.63, 3.8) is 0 Å². The van der Waals surface area contributed by atoms with Crippen molar-refractivity contribution in [3.05, 3.63) is 0 Å². The summed E-state index contributed by atoms with van der Waals surface area (Å²) in [6.45, 7) is 3.15. The third-order valence-electron chi connectivity index (χ3n) is 6.62. The van der Waals surface area contributed by atoms with Gasteiger partial charge < -0.3 is 10.6 Å². The highest BCUT2D eigenvalue weighted by Gasteiger charge is 2.49. The molecule has 1 unspecified atom stereocenters. The fraction of sp³-hybridized carbons (Fsp3) is 1.00. The monoisotopic (exact) mass is 250 g/mol. The van der Waals surface area contributed by atoms with Gasteiger partial charge in [0.05, 0.1) is 0 Å². The van der Waals surface area contributed by atoms with Crippen molar-refractivity contribution in [2.24, 2.45) is 35.3 Å². The van der Waals surface area contributed by atoms with Crippen LogP contribution in [0.1, 0.15) is 45.4 Å². The molecule has 4 aliphatic carbocycles. The molecule has 4 fully saturated rings. The van der Waals surface area contributed by atoms with Gasteiger partial charge in [0.25, 0.3) is 0 Å². The topological polar surface area (TPSA) is 29.3 Å². The van der Waals surface area contributed by atoms with Crippen molar-refractivity contribution >= 4 is 0 Å². The molecular weight excluding hydrogens is 220 g/mol. The smallest absolute Gasteiger partial charge is 0.0300 e. The van der Waals surface area contributed by atoms with Crippen LogP contribution in [0.15, 0.2) is 0 Å². The first-order chi connectivity index (χ1) is 8.51. The first-order valence-electron chi connectivity index (χ1n) is 7.89. The zero-order valence-electron chi connectivity index (χ0n) is 12.4. The Labute approximate surface area is 112 Å². The minimum Gasteiger partial charge on any atom is -0.329 e. The molecule has 0 spiro atoms. The molecule has 0 aromatic carbocycles. The quantitative estimate of drug-likeness (QED) is 0.831. The van der Waals surface area contributed by atoms with Gasteiger partial charge in [-0.1, -0.05) is 0 Å². The molecule has 2 heteroatoms. The van der Waals surface area contributed by atoms with Crippen LogP contribution in [-0.2, 0) is 0 Å². The van der Waals surface area contributed by atoms with Gasteiger partial charge in [0, 0.05) is 12.1 Å². The summed E-state index contributed by atoms with van der Waals surface area (Å²) in [7, 11) is 4.39. The molecule has 0 aromatic rings. The number of nitrogens with two attached hydrogens (primary N) is 1. The number of hydrogen-bond donors (Lipinski definition) is 1. The van der Waals surface area contributed by atoms with E-state index in [0.29, 0.717) is 0 Å². The third kappa shape index (κ3) is 2.02. The molecule has 1 atom stereocenters. The fourth-order valence-electron chi connectivity index (χ4n) is 5.33. The van der Waals surface area contributed by atoms with Gasteiger partial charge in [-0.3, -0.25) is 0 Å². The normalized spacial score (nSPS) is 45.5. The van der Waals surface area contributed by atoms with E-state index in [1.54, 1.807) is 6.42 Å². The molecule has 4 rings (SSSR count). The van der Waals surface area contributed by atoms with Gasteiger partial charge in [0.1, 0.15) is 0 Å². The maximum absolute atomic E-state index is 6.07. The van der Waals surface area contributed by atoms with E-state index in [2.05, 4.69) is 25.9 Å². The summed E-state index contributed by atoms with van der Waals surface area (Å²) in [6, 6.07) is 0. The average Bonchev–Trinajstić information content (AvgIpc) is 2.32. The largest absolute Gasteiger partial charge is 0.329 e. The van der Waals surface area contributed by atoms with Crippen molar-refractivity contribution < 1.29 is 0 Å². The van der Waals surface area contributed by atoms with Gasteiger partial charge in [-0.15, -0.1) is 0 Å². The molecule has 2 nitrogen and oxygen atoms in total. The Morgan fingerprint density at radius 3 is 1.89 bits per heavy atom. The SMILES string of the molecule is CN(C)C(C)(CN)CC1C2CC3CC(C2)CC1C3. The standard InChI is InChI=1S/C16H30N2/c1-16(10-17,18(2)3)9-15-13-5-11-4-12(7-13)8-14(15)6-11/h11-15H,4-10,17H2,1-3H3. The third-order valence-corrected chi connectivity index (χ3v) is 6.62. The van der Waals surface area contributed by atoms with Crippen LogP contribution in [0.3, 0.4) is 0 Å². The fourth-order valence-corrected chi connectivity index (χ4v) is 5.33. The van der Waals surface area contributed by atoms with Gasteiger partial charge in [-0.25, -0.2) is 0 Å². The van der Waals surface area contributed by atoms with E-state index < -0.39 is 0 Å². The second-order valence-corrected chi connectivity index (χ2v) is 7.89. The van der Waals surface area contributed by atoms with E-state index in [1.807, 2.05) is 0 Å².